The number of amides is 1. The van der Waals surface area contributed by atoms with Gasteiger partial charge in [0.2, 0.25) is 16.8 Å². The largest absolute Gasteiger partial charge is 0.454 e. The van der Waals surface area contributed by atoms with Crippen LogP contribution in [-0.2, 0) is 21.4 Å². The average Bonchev–Trinajstić information content (AvgIpc) is 3.28. The molecule has 0 unspecified atom stereocenters. The third-order valence-electron chi connectivity index (χ3n) is 4.77. The minimum absolute atomic E-state index is 0.0189. The molecule has 0 radical (unpaired) electrons. The Morgan fingerprint density at radius 2 is 1.76 bits per heavy atom. The van der Waals surface area contributed by atoms with Gasteiger partial charge in [-0.15, -0.1) is 0 Å². The van der Waals surface area contributed by atoms with E-state index in [0.717, 1.165) is 9.87 Å². The minimum atomic E-state index is -3.96. The Morgan fingerprint density at radius 3 is 2.52 bits per heavy atom. The lowest BCUT2D eigenvalue weighted by atomic mass is 10.2. The van der Waals surface area contributed by atoms with E-state index >= 15 is 0 Å². The van der Waals surface area contributed by atoms with Gasteiger partial charge in [0.15, 0.2) is 11.5 Å². The molecule has 0 saturated heterocycles. The van der Waals surface area contributed by atoms with E-state index in [1.165, 1.54) is 30.5 Å². The van der Waals surface area contributed by atoms with Crippen LogP contribution in [0.4, 0.5) is 0 Å². The Labute approximate surface area is 196 Å². The molecule has 1 aliphatic rings. The lowest BCUT2D eigenvalue weighted by Crippen LogP contribution is -2.39. The van der Waals surface area contributed by atoms with Crippen LogP contribution in [0.5, 0.6) is 11.5 Å². The second kappa shape index (κ2) is 10.0. The van der Waals surface area contributed by atoms with Crippen molar-refractivity contribution in [2.75, 3.05) is 13.3 Å². The van der Waals surface area contributed by atoms with Gasteiger partial charge in [0.1, 0.15) is 0 Å². The van der Waals surface area contributed by atoms with Gasteiger partial charge in [-0.2, -0.15) is 9.41 Å². The number of fused-ring (bicyclic) bond motifs is 1. The zero-order valence-electron chi connectivity index (χ0n) is 17.3. The summed E-state index contributed by atoms with van der Waals surface area (Å²) in [5.74, 6) is 0.647. The number of nitrogens with one attached hydrogen (secondary N) is 1. The van der Waals surface area contributed by atoms with Gasteiger partial charge in [0, 0.05) is 11.6 Å². The summed E-state index contributed by atoms with van der Waals surface area (Å²) < 4.78 is 38.1. The van der Waals surface area contributed by atoms with Crippen LogP contribution in [0.1, 0.15) is 11.1 Å². The maximum Gasteiger partial charge on any atom is 0.255 e. The molecule has 10 heteroatoms. The van der Waals surface area contributed by atoms with Crippen LogP contribution >= 0.6 is 11.6 Å². The zero-order valence-corrected chi connectivity index (χ0v) is 18.9. The molecule has 1 N–H and O–H groups in total. The second-order valence-electron chi connectivity index (χ2n) is 7.12. The standard InChI is InChI=1S/C23H20ClN3O5S/c24-19-7-9-20(10-8-19)33(29,30)27(14-17-4-2-1-3-5-17)15-23(28)26-25-13-18-6-11-21-22(12-18)32-16-31-21/h1-13H,14-16H2,(H,26,28)/b25-13-. The molecule has 0 fully saturated rings. The summed E-state index contributed by atoms with van der Waals surface area (Å²) in [6.45, 7) is -0.241. The van der Waals surface area contributed by atoms with Gasteiger partial charge in [-0.05, 0) is 53.6 Å². The number of hydrogen-bond donors (Lipinski definition) is 1. The molecule has 1 heterocycles. The second-order valence-corrected chi connectivity index (χ2v) is 9.49. The molecule has 3 aromatic carbocycles. The normalized spacial score (nSPS) is 12.9. The smallest absolute Gasteiger partial charge is 0.255 e. The Bertz CT molecular complexity index is 1270. The molecule has 3 aromatic rings. The third-order valence-corrected chi connectivity index (χ3v) is 6.83. The van der Waals surface area contributed by atoms with E-state index in [4.69, 9.17) is 21.1 Å². The van der Waals surface area contributed by atoms with Crippen LogP contribution in [0.25, 0.3) is 0 Å². The number of carbonyl (C=O) groups is 1. The Balaban J connectivity index is 1.48. The van der Waals surface area contributed by atoms with Crippen molar-refractivity contribution in [2.45, 2.75) is 11.4 Å². The van der Waals surface area contributed by atoms with Gasteiger partial charge in [-0.3, -0.25) is 4.79 Å². The maximum absolute atomic E-state index is 13.2. The van der Waals surface area contributed by atoms with Crippen LogP contribution in [0, 0.1) is 0 Å². The van der Waals surface area contributed by atoms with Gasteiger partial charge in [-0.25, -0.2) is 13.8 Å². The SMILES string of the molecule is O=C(CN(Cc1ccccc1)S(=O)(=O)c1ccc(Cl)cc1)N/N=C\c1ccc2c(c1)OCO2. The van der Waals surface area contributed by atoms with Gasteiger partial charge >= 0.3 is 0 Å². The number of benzene rings is 3. The van der Waals surface area contributed by atoms with Crippen LogP contribution in [0.15, 0.2) is 82.8 Å². The molecule has 0 saturated carbocycles. The van der Waals surface area contributed by atoms with Crippen molar-refractivity contribution in [1.82, 2.24) is 9.73 Å². The Kier molecular flexibility index (Phi) is 6.93. The average molecular weight is 486 g/mol. The highest BCUT2D eigenvalue weighted by molar-refractivity contribution is 7.89. The molecular formula is C23H20ClN3O5S. The number of hydrazone groups is 1. The first-order valence-corrected chi connectivity index (χ1v) is 11.7. The molecule has 0 aliphatic carbocycles. The highest BCUT2D eigenvalue weighted by atomic mass is 35.5. The number of sulfonamides is 1. The predicted octanol–water partition coefficient (Wildman–Crippen LogP) is 3.41. The molecular weight excluding hydrogens is 466 g/mol. The minimum Gasteiger partial charge on any atom is -0.454 e. The van der Waals surface area contributed by atoms with Crippen molar-refractivity contribution in [3.05, 3.63) is 88.9 Å². The Hall–Kier alpha value is -3.40. The van der Waals surface area contributed by atoms with E-state index in [0.29, 0.717) is 22.1 Å². The topological polar surface area (TPSA) is 97.3 Å². The fourth-order valence-corrected chi connectivity index (χ4v) is 4.65. The van der Waals surface area contributed by atoms with E-state index in [1.807, 2.05) is 6.07 Å². The maximum atomic E-state index is 13.2. The molecule has 1 aliphatic heterocycles. The summed E-state index contributed by atoms with van der Waals surface area (Å²) >= 11 is 5.89. The number of carbonyl (C=O) groups excluding carboxylic acids is 1. The summed E-state index contributed by atoms with van der Waals surface area (Å²) in [5, 5.41) is 4.35. The number of halogens is 1. The molecule has 0 atom stereocenters. The summed E-state index contributed by atoms with van der Waals surface area (Å²) in [4.78, 5) is 12.6. The highest BCUT2D eigenvalue weighted by Crippen LogP contribution is 2.32. The first-order chi connectivity index (χ1) is 15.9. The highest BCUT2D eigenvalue weighted by Gasteiger charge is 2.27. The van der Waals surface area contributed by atoms with Crippen LogP contribution in [0.3, 0.4) is 0 Å². The number of rotatable bonds is 8. The summed E-state index contributed by atoms with van der Waals surface area (Å²) in [6, 6.07) is 20.0. The van der Waals surface area contributed by atoms with E-state index in [2.05, 4.69) is 10.5 Å². The predicted molar refractivity (Wildman–Crippen MR) is 124 cm³/mol. The molecule has 4 rings (SSSR count). The molecule has 0 aromatic heterocycles. The van der Waals surface area contributed by atoms with Gasteiger partial charge in [0.05, 0.1) is 17.7 Å². The number of hydrogen-bond acceptors (Lipinski definition) is 6. The van der Waals surface area contributed by atoms with E-state index in [9.17, 15) is 13.2 Å². The van der Waals surface area contributed by atoms with Crippen molar-refractivity contribution in [1.29, 1.82) is 0 Å². The first-order valence-electron chi connectivity index (χ1n) is 9.93. The van der Waals surface area contributed by atoms with Gasteiger partial charge in [-0.1, -0.05) is 41.9 Å². The monoisotopic (exact) mass is 485 g/mol. The summed E-state index contributed by atoms with van der Waals surface area (Å²) in [6.07, 6.45) is 1.44. The molecule has 1 amide bonds. The molecule has 8 nitrogen and oxygen atoms in total. The fraction of sp³-hybridized carbons (Fsp3) is 0.130. The van der Waals surface area contributed by atoms with Crippen LogP contribution in [-0.4, -0.2) is 38.2 Å². The lowest BCUT2D eigenvalue weighted by molar-refractivity contribution is -0.121. The molecule has 170 valence electrons. The van der Waals surface area contributed by atoms with Crippen molar-refractivity contribution in [3.8, 4) is 11.5 Å². The molecule has 33 heavy (non-hydrogen) atoms. The van der Waals surface area contributed by atoms with Crippen molar-refractivity contribution in [3.63, 3.8) is 0 Å². The number of nitrogens with zero attached hydrogens (tertiary/aromatic N) is 2. The lowest BCUT2D eigenvalue weighted by Gasteiger charge is -2.21. The first kappa shape index (κ1) is 22.8. The number of ether oxygens (including phenoxy) is 2. The van der Waals surface area contributed by atoms with Gasteiger partial charge in [0.25, 0.3) is 5.91 Å². The Morgan fingerprint density at radius 1 is 1.03 bits per heavy atom. The van der Waals surface area contributed by atoms with Crippen molar-refractivity contribution >= 4 is 33.7 Å². The molecule has 0 spiro atoms. The molecule has 0 bridgehead atoms. The van der Waals surface area contributed by atoms with E-state index < -0.39 is 22.5 Å². The van der Waals surface area contributed by atoms with E-state index in [1.54, 1.807) is 42.5 Å². The van der Waals surface area contributed by atoms with Crippen LogP contribution in [0.2, 0.25) is 5.02 Å². The van der Waals surface area contributed by atoms with Crippen LogP contribution < -0.4 is 14.9 Å². The summed E-state index contributed by atoms with van der Waals surface area (Å²) in [7, 11) is -3.96. The quantitative estimate of drug-likeness (QED) is 0.389. The van der Waals surface area contributed by atoms with Crippen molar-refractivity contribution in [2.24, 2.45) is 5.10 Å². The zero-order chi connectivity index (χ0) is 23.3. The fourth-order valence-electron chi connectivity index (χ4n) is 3.14. The van der Waals surface area contributed by atoms with Crippen molar-refractivity contribution < 1.29 is 22.7 Å². The van der Waals surface area contributed by atoms with E-state index in [-0.39, 0.29) is 18.2 Å². The third kappa shape index (κ3) is 5.70. The summed E-state index contributed by atoms with van der Waals surface area (Å²) in [5.41, 5.74) is 3.81. The van der Waals surface area contributed by atoms with Gasteiger partial charge < -0.3 is 9.47 Å².